The Bertz CT molecular complexity index is 696. The van der Waals surface area contributed by atoms with E-state index in [0.717, 1.165) is 0 Å². The van der Waals surface area contributed by atoms with Crippen molar-refractivity contribution in [3.05, 3.63) is 0 Å². The number of unbranched alkanes of at least 4 members (excludes halogenated alkanes) is 1. The van der Waals surface area contributed by atoms with Gasteiger partial charge in [-0.15, -0.1) is 0 Å². The Morgan fingerprint density at radius 3 is 0.957 bits per heavy atom. The molecule has 0 rings (SSSR count). The normalized spacial score (nSPS) is 11.2. The molecule has 0 aliphatic carbocycles. The molecule has 0 aliphatic heterocycles. The number of carboxylic acids is 1. The summed E-state index contributed by atoms with van der Waals surface area (Å²) in [5.74, 6) is -1.48. The Kier molecular flexibility index (Phi) is 36.8. The van der Waals surface area contributed by atoms with E-state index >= 15 is 0 Å². The van der Waals surface area contributed by atoms with Crippen LogP contribution in [0.2, 0.25) is 0 Å². The second-order valence-electron chi connectivity index (χ2n) is 9.50. The number of aliphatic carboxylic acids is 1. The summed E-state index contributed by atoms with van der Waals surface area (Å²) in [6.45, 7) is 11.1. The third-order valence-electron chi connectivity index (χ3n) is 5.62. The van der Waals surface area contributed by atoms with Gasteiger partial charge in [0.1, 0.15) is 6.61 Å². The topological polar surface area (TPSA) is 182 Å². The second kappa shape index (κ2) is 38.5. The largest absolute Gasteiger partial charge is 0.481 e. The highest BCUT2D eigenvalue weighted by molar-refractivity contribution is 5.70. The molecule has 0 amide bonds. The third kappa shape index (κ3) is 40.1. The average Bonchev–Trinajstić information content (AvgIpc) is 3.05. The first kappa shape index (κ1) is 45.0. The van der Waals surface area contributed by atoms with Crippen LogP contribution in [-0.4, -0.2) is 168 Å². The van der Waals surface area contributed by atoms with Gasteiger partial charge in [-0.3, -0.25) is 14.4 Å². The summed E-state index contributed by atoms with van der Waals surface area (Å²) in [6.07, 6.45) is 1.47. The van der Waals surface area contributed by atoms with Crippen LogP contribution in [0.4, 0.5) is 0 Å². The standard InChI is InChI=1S/C31H58O16/c1-2-46-31(35)7-8-36-9-10-37-11-12-38-13-14-39-15-16-40-17-18-41-19-20-42-21-22-43-23-24-44-25-26-45-27-28-47-30(34)6-4-3-5-29(32)33/h2-28H2,1H3,(H,32,33). The fourth-order valence-electron chi connectivity index (χ4n) is 3.30. The van der Waals surface area contributed by atoms with Gasteiger partial charge in [-0.05, 0) is 19.8 Å². The molecule has 0 saturated heterocycles. The monoisotopic (exact) mass is 686 g/mol. The highest BCUT2D eigenvalue weighted by atomic mass is 16.6. The molecular formula is C31H58O16. The lowest BCUT2D eigenvalue weighted by Gasteiger charge is -2.09. The van der Waals surface area contributed by atoms with Crippen molar-refractivity contribution in [3.63, 3.8) is 0 Å². The van der Waals surface area contributed by atoms with E-state index < -0.39 is 5.97 Å². The van der Waals surface area contributed by atoms with Gasteiger partial charge in [0.2, 0.25) is 0 Å². The minimum Gasteiger partial charge on any atom is -0.481 e. The smallest absolute Gasteiger partial charge is 0.308 e. The molecule has 16 heteroatoms. The highest BCUT2D eigenvalue weighted by Gasteiger charge is 2.04. The zero-order valence-corrected chi connectivity index (χ0v) is 28.2. The molecule has 0 unspecified atom stereocenters. The fourth-order valence-corrected chi connectivity index (χ4v) is 3.30. The van der Waals surface area contributed by atoms with Gasteiger partial charge in [-0.1, -0.05) is 0 Å². The summed E-state index contributed by atoms with van der Waals surface area (Å²) < 4.78 is 63.9. The van der Waals surface area contributed by atoms with Crippen LogP contribution < -0.4 is 0 Å². The Morgan fingerprint density at radius 2 is 0.638 bits per heavy atom. The predicted octanol–water partition coefficient (Wildman–Crippen LogP) is 1.29. The van der Waals surface area contributed by atoms with Crippen LogP contribution in [0.15, 0.2) is 0 Å². The molecule has 0 aromatic heterocycles. The van der Waals surface area contributed by atoms with Gasteiger partial charge in [-0.2, -0.15) is 0 Å². The first-order valence-corrected chi connectivity index (χ1v) is 16.4. The Labute approximate surface area is 278 Å². The minimum absolute atomic E-state index is 0.0571. The van der Waals surface area contributed by atoms with Gasteiger partial charge in [0, 0.05) is 12.8 Å². The van der Waals surface area contributed by atoms with Gasteiger partial charge in [0.05, 0.1) is 145 Å². The molecule has 0 atom stereocenters. The Balaban J connectivity index is 3.11. The first-order chi connectivity index (χ1) is 23.1. The first-order valence-electron chi connectivity index (χ1n) is 16.4. The van der Waals surface area contributed by atoms with Crippen LogP contribution in [0.1, 0.15) is 39.0 Å². The maximum absolute atomic E-state index is 11.5. The highest BCUT2D eigenvalue weighted by Crippen LogP contribution is 2.01. The minimum atomic E-state index is -0.866. The van der Waals surface area contributed by atoms with Crippen molar-refractivity contribution in [1.82, 2.24) is 0 Å². The van der Waals surface area contributed by atoms with E-state index in [1.165, 1.54) is 0 Å². The van der Waals surface area contributed by atoms with E-state index in [0.29, 0.717) is 145 Å². The van der Waals surface area contributed by atoms with E-state index in [1.54, 1.807) is 6.92 Å². The number of carboxylic acid groups (broad SMARTS) is 1. The molecule has 0 aromatic rings. The summed E-state index contributed by atoms with van der Waals surface area (Å²) in [5.41, 5.74) is 0. The average molecular weight is 687 g/mol. The van der Waals surface area contributed by atoms with Crippen molar-refractivity contribution in [1.29, 1.82) is 0 Å². The summed E-state index contributed by atoms with van der Waals surface area (Å²) in [6, 6.07) is 0. The van der Waals surface area contributed by atoms with E-state index in [2.05, 4.69) is 0 Å². The van der Waals surface area contributed by atoms with Gasteiger partial charge >= 0.3 is 17.9 Å². The number of ether oxygens (including phenoxy) is 12. The maximum atomic E-state index is 11.5. The van der Waals surface area contributed by atoms with E-state index in [9.17, 15) is 14.4 Å². The molecule has 0 aliphatic rings. The van der Waals surface area contributed by atoms with Gasteiger partial charge < -0.3 is 61.9 Å². The number of esters is 2. The molecule has 16 nitrogen and oxygen atoms in total. The molecule has 0 bridgehead atoms. The molecule has 278 valence electrons. The van der Waals surface area contributed by atoms with Gasteiger partial charge in [0.25, 0.3) is 0 Å². The molecule has 0 heterocycles. The van der Waals surface area contributed by atoms with Crippen molar-refractivity contribution < 1.29 is 76.3 Å². The van der Waals surface area contributed by atoms with E-state index in [-0.39, 0.29) is 44.4 Å². The number of carbonyl (C=O) groups is 3. The van der Waals surface area contributed by atoms with E-state index in [1.807, 2.05) is 0 Å². The van der Waals surface area contributed by atoms with Crippen molar-refractivity contribution in [2.24, 2.45) is 0 Å². The number of hydrogen-bond acceptors (Lipinski definition) is 15. The number of hydrogen-bond donors (Lipinski definition) is 1. The van der Waals surface area contributed by atoms with Crippen molar-refractivity contribution in [2.75, 3.05) is 145 Å². The summed E-state index contributed by atoms with van der Waals surface area (Å²) >= 11 is 0. The molecule has 0 spiro atoms. The molecule has 0 saturated carbocycles. The SMILES string of the molecule is CCOC(=O)CCOCCOCCOCCOCCOCCOCCOCCOCCOCCOCCOC(=O)CCCCC(=O)O. The lowest BCUT2D eigenvalue weighted by Crippen LogP contribution is -2.15. The molecule has 0 fully saturated rings. The van der Waals surface area contributed by atoms with Crippen LogP contribution >= 0.6 is 0 Å². The maximum Gasteiger partial charge on any atom is 0.308 e. The molecule has 1 N–H and O–H groups in total. The molecule has 0 aromatic carbocycles. The zero-order chi connectivity index (χ0) is 34.3. The summed E-state index contributed by atoms with van der Waals surface area (Å²) in [5, 5.41) is 8.54. The second-order valence-corrected chi connectivity index (χ2v) is 9.50. The van der Waals surface area contributed by atoms with Crippen LogP contribution in [-0.2, 0) is 71.2 Å². The van der Waals surface area contributed by atoms with Crippen LogP contribution in [0, 0.1) is 0 Å². The number of carbonyl (C=O) groups excluding carboxylic acids is 2. The molecular weight excluding hydrogens is 628 g/mol. The lowest BCUT2D eigenvalue weighted by molar-refractivity contribution is -0.146. The zero-order valence-electron chi connectivity index (χ0n) is 28.2. The molecule has 0 radical (unpaired) electrons. The lowest BCUT2D eigenvalue weighted by atomic mass is 10.2. The van der Waals surface area contributed by atoms with Crippen molar-refractivity contribution in [3.8, 4) is 0 Å². The summed E-state index contributed by atoms with van der Waals surface area (Å²) in [7, 11) is 0. The predicted molar refractivity (Wildman–Crippen MR) is 167 cm³/mol. The van der Waals surface area contributed by atoms with Crippen molar-refractivity contribution >= 4 is 17.9 Å². The van der Waals surface area contributed by atoms with E-state index in [4.69, 9.17) is 61.9 Å². The molecule has 47 heavy (non-hydrogen) atoms. The van der Waals surface area contributed by atoms with Crippen molar-refractivity contribution in [2.45, 2.75) is 39.0 Å². The fraction of sp³-hybridized carbons (Fsp3) is 0.903. The van der Waals surface area contributed by atoms with Crippen LogP contribution in [0.3, 0.4) is 0 Å². The quantitative estimate of drug-likeness (QED) is 0.0721. The summed E-state index contributed by atoms with van der Waals surface area (Å²) in [4.78, 5) is 33.0. The van der Waals surface area contributed by atoms with Gasteiger partial charge in [0.15, 0.2) is 0 Å². The van der Waals surface area contributed by atoms with Gasteiger partial charge in [-0.25, -0.2) is 0 Å². The Morgan fingerprint density at radius 1 is 0.362 bits per heavy atom. The number of rotatable bonds is 39. The van der Waals surface area contributed by atoms with Crippen LogP contribution in [0.25, 0.3) is 0 Å². The van der Waals surface area contributed by atoms with Crippen LogP contribution in [0.5, 0.6) is 0 Å². The third-order valence-corrected chi connectivity index (χ3v) is 5.62. The Hall–Kier alpha value is -1.99.